The number of amides is 1. The van der Waals surface area contributed by atoms with Gasteiger partial charge in [0.1, 0.15) is 0 Å². The zero-order valence-corrected chi connectivity index (χ0v) is 12.0. The zero-order chi connectivity index (χ0) is 12.4. The van der Waals surface area contributed by atoms with Crippen LogP contribution in [0.25, 0.3) is 0 Å². The highest BCUT2D eigenvalue weighted by atomic mass is 79.9. The molecule has 0 aromatic heterocycles. The molecule has 0 saturated carbocycles. The highest BCUT2D eigenvalue weighted by molar-refractivity contribution is 9.09. The second kappa shape index (κ2) is 5.21. The van der Waals surface area contributed by atoms with Crippen molar-refractivity contribution in [2.24, 2.45) is 0 Å². The van der Waals surface area contributed by atoms with Crippen LogP contribution in [0.3, 0.4) is 0 Å². The van der Waals surface area contributed by atoms with Crippen molar-refractivity contribution in [1.29, 1.82) is 0 Å². The first-order valence-electron chi connectivity index (χ1n) is 6.07. The van der Waals surface area contributed by atoms with E-state index >= 15 is 0 Å². The highest BCUT2D eigenvalue weighted by Gasteiger charge is 2.28. The van der Waals surface area contributed by atoms with E-state index in [9.17, 15) is 4.79 Å². The van der Waals surface area contributed by atoms with Gasteiger partial charge < -0.3 is 4.90 Å². The quantitative estimate of drug-likeness (QED) is 0.767. The van der Waals surface area contributed by atoms with Crippen LogP contribution in [0.4, 0.5) is 0 Å². The molecule has 2 rings (SSSR count). The van der Waals surface area contributed by atoms with Gasteiger partial charge in [-0.15, -0.1) is 0 Å². The molecule has 3 heteroatoms. The van der Waals surface area contributed by atoms with Crippen LogP contribution in [-0.2, 0) is 0 Å². The molecule has 17 heavy (non-hydrogen) atoms. The molecule has 0 bridgehead atoms. The van der Waals surface area contributed by atoms with Crippen molar-refractivity contribution in [1.82, 2.24) is 4.90 Å². The lowest BCUT2D eigenvalue weighted by molar-refractivity contribution is 0.0750. The minimum atomic E-state index is 0.185. The second-order valence-electron chi connectivity index (χ2n) is 4.77. The van der Waals surface area contributed by atoms with Crippen LogP contribution in [0.1, 0.15) is 34.3 Å². The van der Waals surface area contributed by atoms with Crippen molar-refractivity contribution in [2.75, 3.05) is 11.9 Å². The first-order chi connectivity index (χ1) is 8.13. The number of hydrogen-bond donors (Lipinski definition) is 0. The van der Waals surface area contributed by atoms with Crippen LogP contribution < -0.4 is 0 Å². The largest absolute Gasteiger partial charge is 0.335 e. The third-order valence-electron chi connectivity index (χ3n) is 3.43. The van der Waals surface area contributed by atoms with Crippen molar-refractivity contribution in [3.8, 4) is 0 Å². The molecular weight excluding hydrogens is 278 g/mol. The third kappa shape index (κ3) is 2.54. The number of carbonyl (C=O) groups excluding carboxylic acids is 1. The Balaban J connectivity index is 2.24. The smallest absolute Gasteiger partial charge is 0.254 e. The van der Waals surface area contributed by atoms with Crippen LogP contribution >= 0.6 is 15.9 Å². The Kier molecular flexibility index (Phi) is 3.87. The molecular formula is C14H18BrNO. The Labute approximate surface area is 111 Å². The van der Waals surface area contributed by atoms with E-state index in [1.165, 1.54) is 5.56 Å². The Morgan fingerprint density at radius 2 is 2.24 bits per heavy atom. The maximum absolute atomic E-state index is 12.5. The Bertz CT molecular complexity index is 430. The first kappa shape index (κ1) is 12.6. The fourth-order valence-electron chi connectivity index (χ4n) is 2.47. The average Bonchev–Trinajstić information content (AvgIpc) is 2.76. The normalized spacial score (nSPS) is 19.7. The summed E-state index contributed by atoms with van der Waals surface area (Å²) in [6.45, 7) is 4.96. The summed E-state index contributed by atoms with van der Waals surface area (Å²) in [5.41, 5.74) is 3.14. The van der Waals surface area contributed by atoms with E-state index in [4.69, 9.17) is 0 Å². The molecule has 0 spiro atoms. The molecule has 1 aromatic rings. The van der Waals surface area contributed by atoms with Gasteiger partial charge in [0.05, 0.1) is 0 Å². The Hall–Kier alpha value is -0.830. The van der Waals surface area contributed by atoms with E-state index in [1.807, 2.05) is 24.0 Å². The topological polar surface area (TPSA) is 20.3 Å². The minimum Gasteiger partial charge on any atom is -0.335 e. The summed E-state index contributed by atoms with van der Waals surface area (Å²) in [6.07, 6.45) is 2.23. The SMILES string of the molecule is Cc1ccc(C(=O)N2CCCC2CBr)c(C)c1. The van der Waals surface area contributed by atoms with Gasteiger partial charge >= 0.3 is 0 Å². The number of benzene rings is 1. The van der Waals surface area contributed by atoms with Gasteiger partial charge in [-0.2, -0.15) is 0 Å². The van der Waals surface area contributed by atoms with Gasteiger partial charge in [0, 0.05) is 23.5 Å². The summed E-state index contributed by atoms with van der Waals surface area (Å²) < 4.78 is 0. The first-order valence-corrected chi connectivity index (χ1v) is 7.20. The standard InChI is InChI=1S/C14H18BrNO/c1-10-5-6-13(11(2)8-10)14(17)16-7-3-4-12(16)9-15/h5-6,8,12H,3-4,7,9H2,1-2H3. The number of halogens is 1. The summed E-state index contributed by atoms with van der Waals surface area (Å²) in [6, 6.07) is 6.41. The van der Waals surface area contributed by atoms with Crippen molar-refractivity contribution >= 4 is 21.8 Å². The van der Waals surface area contributed by atoms with Gasteiger partial charge in [-0.05, 0) is 38.3 Å². The molecule has 1 aliphatic rings. The number of nitrogens with zero attached hydrogens (tertiary/aromatic N) is 1. The van der Waals surface area contributed by atoms with Crippen LogP contribution in [0.15, 0.2) is 18.2 Å². The van der Waals surface area contributed by atoms with Gasteiger partial charge in [-0.1, -0.05) is 33.6 Å². The maximum Gasteiger partial charge on any atom is 0.254 e. The van der Waals surface area contributed by atoms with E-state index in [1.54, 1.807) is 0 Å². The number of likely N-dealkylation sites (tertiary alicyclic amines) is 1. The molecule has 92 valence electrons. The molecule has 0 aliphatic carbocycles. The fourth-order valence-corrected chi connectivity index (χ4v) is 3.15. The molecule has 1 aliphatic heterocycles. The lowest BCUT2D eigenvalue weighted by Gasteiger charge is -2.24. The maximum atomic E-state index is 12.5. The Morgan fingerprint density at radius 3 is 2.88 bits per heavy atom. The second-order valence-corrected chi connectivity index (χ2v) is 5.41. The lowest BCUT2D eigenvalue weighted by atomic mass is 10.0. The molecule has 1 atom stereocenters. The average molecular weight is 296 g/mol. The summed E-state index contributed by atoms with van der Waals surface area (Å²) in [5, 5.41) is 0.879. The number of carbonyl (C=O) groups is 1. The fraction of sp³-hybridized carbons (Fsp3) is 0.500. The summed E-state index contributed by atoms with van der Waals surface area (Å²) in [7, 11) is 0. The van der Waals surface area contributed by atoms with Crippen molar-refractivity contribution < 1.29 is 4.79 Å². The third-order valence-corrected chi connectivity index (χ3v) is 4.18. The zero-order valence-electron chi connectivity index (χ0n) is 10.4. The van der Waals surface area contributed by atoms with Crippen LogP contribution in [-0.4, -0.2) is 28.7 Å². The molecule has 1 unspecified atom stereocenters. The number of alkyl halides is 1. The summed E-state index contributed by atoms with van der Waals surface area (Å²) in [4.78, 5) is 14.5. The predicted octanol–water partition coefficient (Wildman–Crippen LogP) is 3.30. The summed E-state index contributed by atoms with van der Waals surface area (Å²) in [5.74, 6) is 0.185. The van der Waals surface area contributed by atoms with Crippen LogP contribution in [0.5, 0.6) is 0 Å². The highest BCUT2D eigenvalue weighted by Crippen LogP contribution is 2.23. The molecule has 1 fully saturated rings. The van der Waals surface area contributed by atoms with Gasteiger partial charge in [0.2, 0.25) is 0 Å². The van der Waals surface area contributed by atoms with Gasteiger partial charge in [0.15, 0.2) is 0 Å². The summed E-state index contributed by atoms with van der Waals surface area (Å²) >= 11 is 3.49. The molecule has 1 amide bonds. The molecule has 0 N–H and O–H groups in total. The monoisotopic (exact) mass is 295 g/mol. The molecule has 1 aromatic carbocycles. The predicted molar refractivity (Wildman–Crippen MR) is 73.8 cm³/mol. The van der Waals surface area contributed by atoms with E-state index in [-0.39, 0.29) is 5.91 Å². The van der Waals surface area contributed by atoms with Gasteiger partial charge in [0.25, 0.3) is 5.91 Å². The van der Waals surface area contributed by atoms with Crippen molar-refractivity contribution in [3.05, 3.63) is 34.9 Å². The number of rotatable bonds is 2. The Morgan fingerprint density at radius 1 is 1.47 bits per heavy atom. The molecule has 1 saturated heterocycles. The van der Waals surface area contributed by atoms with E-state index in [2.05, 4.69) is 28.9 Å². The molecule has 0 radical (unpaired) electrons. The van der Waals surface area contributed by atoms with E-state index < -0.39 is 0 Å². The molecule has 2 nitrogen and oxygen atoms in total. The van der Waals surface area contributed by atoms with E-state index in [0.29, 0.717) is 6.04 Å². The lowest BCUT2D eigenvalue weighted by Crippen LogP contribution is -2.36. The van der Waals surface area contributed by atoms with E-state index in [0.717, 1.165) is 35.8 Å². The van der Waals surface area contributed by atoms with Gasteiger partial charge in [-0.25, -0.2) is 0 Å². The van der Waals surface area contributed by atoms with Crippen molar-refractivity contribution in [3.63, 3.8) is 0 Å². The minimum absolute atomic E-state index is 0.185. The number of hydrogen-bond acceptors (Lipinski definition) is 1. The van der Waals surface area contributed by atoms with Crippen molar-refractivity contribution in [2.45, 2.75) is 32.7 Å². The number of aryl methyl sites for hydroxylation is 2. The van der Waals surface area contributed by atoms with Crippen LogP contribution in [0, 0.1) is 13.8 Å². The van der Waals surface area contributed by atoms with Gasteiger partial charge in [-0.3, -0.25) is 4.79 Å². The molecule has 1 heterocycles. The van der Waals surface area contributed by atoms with Crippen LogP contribution in [0.2, 0.25) is 0 Å².